The van der Waals surface area contributed by atoms with Gasteiger partial charge in [-0.3, -0.25) is 9.36 Å². The van der Waals surface area contributed by atoms with Gasteiger partial charge in [0.05, 0.1) is 12.8 Å². The van der Waals surface area contributed by atoms with Crippen LogP contribution in [0.4, 0.5) is 0 Å². The van der Waals surface area contributed by atoms with Crippen LogP contribution in [0.15, 0.2) is 84.9 Å². The zero-order valence-corrected chi connectivity index (χ0v) is 21.3. The quantitative estimate of drug-likeness (QED) is 0.180. The maximum atomic E-state index is 14.3. The Hall–Kier alpha value is -3.45. The van der Waals surface area contributed by atoms with E-state index in [0.717, 1.165) is 15.6 Å². The lowest BCUT2D eigenvalue weighted by Gasteiger charge is -2.25. The zero-order chi connectivity index (χ0) is 25.5. The van der Waals surface area contributed by atoms with Crippen LogP contribution >= 0.6 is 18.9 Å². The van der Waals surface area contributed by atoms with Gasteiger partial charge < -0.3 is 14.4 Å². The minimum atomic E-state index is -3.69. The summed E-state index contributed by atoms with van der Waals surface area (Å²) in [5, 5.41) is 13.1. The summed E-state index contributed by atoms with van der Waals surface area (Å²) in [4.78, 5) is 24.5. The third-order valence-corrected chi connectivity index (χ3v) is 8.48. The molecule has 0 radical (unpaired) electrons. The number of ether oxygens (including phenoxy) is 1. The molecule has 1 heterocycles. The van der Waals surface area contributed by atoms with Crippen molar-refractivity contribution in [1.82, 2.24) is 5.09 Å². The summed E-state index contributed by atoms with van der Waals surface area (Å²) in [5.74, 6) is -1.10. The van der Waals surface area contributed by atoms with Crippen LogP contribution in [-0.4, -0.2) is 29.7 Å². The van der Waals surface area contributed by atoms with Crippen LogP contribution in [0.1, 0.15) is 27.7 Å². The van der Waals surface area contributed by atoms with Crippen LogP contribution < -0.4 is 9.61 Å². The molecule has 0 bridgehead atoms. The Kier molecular flexibility index (Phi) is 8.21. The molecule has 1 unspecified atom stereocenters. The standard InChI is InChI=1S/C27H26NO6PS/c1-2-33-27(31)23(16-19-9-5-3-6-10-19)28-35(32,34-22-11-7-4-8-12-22)18-20-13-14-24-21(15-20)17-25(36-24)26(29)30/h3-15,17,23H,2,16,18H2,1H3,(H,28,32)(H,29,30)/t23-,35?/m0/s1. The molecule has 9 heteroatoms. The lowest BCUT2D eigenvalue weighted by molar-refractivity contribution is -0.145. The average molecular weight is 524 g/mol. The molecule has 0 saturated carbocycles. The number of carbonyl (C=O) groups excluding carboxylic acids is 1. The maximum Gasteiger partial charge on any atom is 0.345 e. The Bertz CT molecular complexity index is 1390. The largest absolute Gasteiger partial charge is 0.477 e. The Morgan fingerprint density at radius 1 is 0.972 bits per heavy atom. The molecule has 2 atom stereocenters. The van der Waals surface area contributed by atoms with Gasteiger partial charge in [0.15, 0.2) is 0 Å². The molecule has 186 valence electrons. The van der Waals surface area contributed by atoms with Gasteiger partial charge in [-0.25, -0.2) is 9.88 Å². The van der Waals surface area contributed by atoms with Gasteiger partial charge in [0, 0.05) is 4.70 Å². The summed E-state index contributed by atoms with van der Waals surface area (Å²) < 4.78 is 26.4. The third-order valence-electron chi connectivity index (χ3n) is 5.38. The molecule has 0 aliphatic rings. The number of carboxylic acids is 1. The van der Waals surface area contributed by atoms with E-state index >= 15 is 0 Å². The third kappa shape index (κ3) is 6.61. The summed E-state index contributed by atoms with van der Waals surface area (Å²) in [6.45, 7) is 1.91. The van der Waals surface area contributed by atoms with E-state index in [4.69, 9.17) is 9.26 Å². The van der Waals surface area contributed by atoms with E-state index in [1.807, 2.05) is 36.4 Å². The molecule has 0 aliphatic carbocycles. The number of rotatable bonds is 11. The summed E-state index contributed by atoms with van der Waals surface area (Å²) in [6, 6.07) is 24.3. The van der Waals surface area contributed by atoms with Crippen LogP contribution in [0.5, 0.6) is 5.75 Å². The molecule has 0 fully saturated rings. The van der Waals surface area contributed by atoms with Crippen molar-refractivity contribution in [2.24, 2.45) is 0 Å². The molecule has 0 spiro atoms. The molecule has 36 heavy (non-hydrogen) atoms. The van der Waals surface area contributed by atoms with E-state index in [1.165, 1.54) is 11.3 Å². The Labute approximate surface area is 213 Å². The van der Waals surface area contributed by atoms with Crippen LogP contribution in [0.25, 0.3) is 10.1 Å². The SMILES string of the molecule is CCOC(=O)[C@H](Cc1ccccc1)NP(=O)(Cc1ccc2sc(C(=O)O)cc2c1)Oc1ccccc1. The highest BCUT2D eigenvalue weighted by atomic mass is 32.1. The normalized spacial score (nSPS) is 13.6. The zero-order valence-electron chi connectivity index (χ0n) is 19.6. The highest BCUT2D eigenvalue weighted by Crippen LogP contribution is 2.47. The van der Waals surface area contributed by atoms with Gasteiger partial charge in [-0.2, -0.15) is 0 Å². The fraction of sp³-hybridized carbons (Fsp3) is 0.185. The summed E-state index contributed by atoms with van der Waals surface area (Å²) in [6.07, 6.45) is 0.258. The average Bonchev–Trinajstić information content (AvgIpc) is 3.29. The first-order valence-corrected chi connectivity index (χ1v) is 14.1. The number of esters is 1. The maximum absolute atomic E-state index is 14.3. The number of hydrogen-bond acceptors (Lipinski definition) is 6. The van der Waals surface area contributed by atoms with Gasteiger partial charge >= 0.3 is 19.5 Å². The fourth-order valence-electron chi connectivity index (χ4n) is 3.80. The number of aromatic carboxylic acids is 1. The van der Waals surface area contributed by atoms with Gasteiger partial charge in [0.2, 0.25) is 0 Å². The number of fused-ring (bicyclic) bond motifs is 1. The van der Waals surface area contributed by atoms with Crippen molar-refractivity contribution in [2.75, 3.05) is 6.61 Å². The second-order valence-electron chi connectivity index (χ2n) is 8.15. The van der Waals surface area contributed by atoms with E-state index in [1.54, 1.807) is 55.5 Å². The van der Waals surface area contributed by atoms with Crippen molar-refractivity contribution < 1.29 is 28.5 Å². The molecule has 4 rings (SSSR count). The van der Waals surface area contributed by atoms with Gasteiger partial charge in [-0.05, 0) is 60.2 Å². The summed E-state index contributed by atoms with van der Waals surface area (Å²) in [7, 11) is -3.69. The lowest BCUT2D eigenvalue weighted by atomic mass is 10.1. The Morgan fingerprint density at radius 3 is 2.33 bits per heavy atom. The molecular formula is C27H26NO6PS. The first kappa shape index (κ1) is 25.6. The monoisotopic (exact) mass is 523 g/mol. The fourth-order valence-corrected chi connectivity index (χ4v) is 6.71. The van der Waals surface area contributed by atoms with Gasteiger partial charge in [-0.1, -0.05) is 54.6 Å². The summed E-state index contributed by atoms with van der Waals surface area (Å²) in [5.41, 5.74) is 1.57. The van der Waals surface area contributed by atoms with Crippen molar-refractivity contribution >= 4 is 40.9 Å². The Balaban J connectivity index is 1.66. The highest BCUT2D eigenvalue weighted by Gasteiger charge is 2.33. The van der Waals surface area contributed by atoms with E-state index in [2.05, 4.69) is 5.09 Å². The number of nitrogens with one attached hydrogen (secondary N) is 1. The van der Waals surface area contributed by atoms with Gasteiger partial charge in [0.1, 0.15) is 16.7 Å². The molecular weight excluding hydrogens is 497 g/mol. The predicted octanol–water partition coefficient (Wildman–Crippen LogP) is 6.14. The number of hydrogen-bond donors (Lipinski definition) is 2. The van der Waals surface area contributed by atoms with Crippen LogP contribution in [-0.2, 0) is 26.7 Å². The molecule has 7 nitrogen and oxygen atoms in total. The van der Waals surface area contributed by atoms with E-state index in [9.17, 15) is 19.3 Å². The van der Waals surface area contributed by atoms with Crippen molar-refractivity contribution in [3.8, 4) is 5.75 Å². The first-order chi connectivity index (χ1) is 17.3. The smallest absolute Gasteiger partial charge is 0.345 e. The highest BCUT2D eigenvalue weighted by molar-refractivity contribution is 7.56. The van der Waals surface area contributed by atoms with E-state index in [-0.39, 0.29) is 24.1 Å². The topological polar surface area (TPSA) is 102 Å². The van der Waals surface area contributed by atoms with E-state index in [0.29, 0.717) is 11.3 Å². The Morgan fingerprint density at radius 2 is 1.67 bits per heavy atom. The number of carboxylic acid groups (broad SMARTS) is 1. The van der Waals surface area contributed by atoms with Crippen LogP contribution in [0.2, 0.25) is 0 Å². The van der Waals surface area contributed by atoms with Crippen LogP contribution in [0, 0.1) is 0 Å². The predicted molar refractivity (Wildman–Crippen MR) is 141 cm³/mol. The van der Waals surface area contributed by atoms with Crippen molar-refractivity contribution in [3.63, 3.8) is 0 Å². The number of thiophene rings is 1. The van der Waals surface area contributed by atoms with Crippen molar-refractivity contribution in [1.29, 1.82) is 0 Å². The minimum absolute atomic E-state index is 0.0131. The first-order valence-electron chi connectivity index (χ1n) is 11.4. The minimum Gasteiger partial charge on any atom is -0.477 e. The second-order valence-corrected chi connectivity index (χ2v) is 11.3. The van der Waals surface area contributed by atoms with Crippen molar-refractivity contribution in [2.45, 2.75) is 25.5 Å². The second kappa shape index (κ2) is 11.5. The molecule has 4 aromatic rings. The molecule has 3 aromatic carbocycles. The molecule has 2 N–H and O–H groups in total. The molecule has 0 aliphatic heterocycles. The lowest BCUT2D eigenvalue weighted by Crippen LogP contribution is -2.39. The molecule has 1 aromatic heterocycles. The summed E-state index contributed by atoms with van der Waals surface area (Å²) >= 11 is 1.18. The van der Waals surface area contributed by atoms with Gasteiger partial charge in [0.25, 0.3) is 0 Å². The van der Waals surface area contributed by atoms with Gasteiger partial charge in [-0.15, -0.1) is 11.3 Å². The number of carbonyl (C=O) groups is 2. The van der Waals surface area contributed by atoms with Crippen LogP contribution in [0.3, 0.4) is 0 Å². The number of para-hydroxylation sites is 1. The number of benzene rings is 3. The molecule has 0 amide bonds. The van der Waals surface area contributed by atoms with Crippen molar-refractivity contribution in [3.05, 3.63) is 101 Å². The molecule has 0 saturated heterocycles. The van der Waals surface area contributed by atoms with E-state index < -0.39 is 25.5 Å².